The first kappa shape index (κ1) is 17.3. The molecule has 4 nitrogen and oxygen atoms in total. The molecule has 5 heteroatoms. The molecule has 0 fully saturated rings. The molecule has 0 saturated heterocycles. The maximum absolute atomic E-state index is 11.9. The molecule has 0 aliphatic rings. The number of aromatic nitrogens is 1. The van der Waals surface area contributed by atoms with Crippen LogP contribution in [0.1, 0.15) is 38.3 Å². The van der Waals surface area contributed by atoms with Crippen LogP contribution in [0.15, 0.2) is 29.3 Å². The van der Waals surface area contributed by atoms with Crippen LogP contribution >= 0.6 is 11.8 Å². The molecule has 0 unspecified atom stereocenters. The van der Waals surface area contributed by atoms with Crippen LogP contribution in [0.5, 0.6) is 0 Å². The molecule has 0 radical (unpaired) electrons. The number of benzene rings is 1. The maximum Gasteiger partial charge on any atom is 0.230 e. The van der Waals surface area contributed by atoms with Gasteiger partial charge in [0, 0.05) is 11.4 Å². The number of pyridine rings is 1. The number of nitrogens with zero attached hydrogens (tertiary/aromatic N) is 2. The summed E-state index contributed by atoms with van der Waals surface area (Å²) in [5, 5.41) is 13.8. The quantitative estimate of drug-likeness (QED) is 0.822. The molecular weight excluding hydrogens is 306 g/mol. The summed E-state index contributed by atoms with van der Waals surface area (Å²) in [6.45, 7) is 6.10. The molecule has 1 aromatic carbocycles. The minimum absolute atomic E-state index is 0.0310. The van der Waals surface area contributed by atoms with Crippen LogP contribution in [0.25, 0.3) is 10.9 Å². The lowest BCUT2D eigenvalue weighted by Crippen LogP contribution is -2.33. The van der Waals surface area contributed by atoms with Gasteiger partial charge < -0.3 is 5.32 Å². The molecule has 0 saturated carbocycles. The van der Waals surface area contributed by atoms with Crippen LogP contribution in [0.4, 0.5) is 0 Å². The molecule has 1 atom stereocenters. The lowest BCUT2D eigenvalue weighted by Gasteiger charge is -2.11. The number of nitrogens with one attached hydrogen (secondary N) is 1. The smallest absolute Gasteiger partial charge is 0.230 e. The van der Waals surface area contributed by atoms with E-state index in [0.717, 1.165) is 23.7 Å². The van der Waals surface area contributed by atoms with Gasteiger partial charge >= 0.3 is 0 Å². The fourth-order valence-electron chi connectivity index (χ4n) is 2.17. The van der Waals surface area contributed by atoms with Crippen molar-refractivity contribution in [2.24, 2.45) is 0 Å². The van der Waals surface area contributed by atoms with Crippen molar-refractivity contribution in [1.82, 2.24) is 10.3 Å². The largest absolute Gasteiger partial charge is 0.353 e. The third kappa shape index (κ3) is 4.46. The Kier molecular flexibility index (Phi) is 6.00. The van der Waals surface area contributed by atoms with Gasteiger partial charge in [-0.05, 0) is 43.5 Å². The first-order valence-corrected chi connectivity index (χ1v) is 8.81. The molecule has 2 aromatic rings. The van der Waals surface area contributed by atoms with E-state index in [4.69, 9.17) is 0 Å². The van der Waals surface area contributed by atoms with Gasteiger partial charge in [-0.2, -0.15) is 5.26 Å². The van der Waals surface area contributed by atoms with Crippen molar-refractivity contribution in [3.8, 4) is 6.07 Å². The molecule has 23 heavy (non-hydrogen) atoms. The lowest BCUT2D eigenvalue weighted by atomic mass is 10.1. The number of carbonyl (C=O) groups excluding carboxylic acids is 1. The van der Waals surface area contributed by atoms with Gasteiger partial charge in [0.25, 0.3) is 0 Å². The molecule has 0 spiro atoms. The third-order valence-electron chi connectivity index (χ3n) is 3.73. The van der Waals surface area contributed by atoms with Crippen molar-refractivity contribution in [2.75, 3.05) is 5.75 Å². The predicted molar refractivity (Wildman–Crippen MR) is 94.5 cm³/mol. The van der Waals surface area contributed by atoms with E-state index in [1.54, 1.807) is 0 Å². The molecule has 1 N–H and O–H groups in total. The molecule has 0 aliphatic heterocycles. The van der Waals surface area contributed by atoms with Gasteiger partial charge in [-0.15, -0.1) is 0 Å². The van der Waals surface area contributed by atoms with Gasteiger partial charge in [-0.3, -0.25) is 4.79 Å². The highest BCUT2D eigenvalue weighted by Crippen LogP contribution is 2.25. The van der Waals surface area contributed by atoms with Crippen LogP contribution in [-0.4, -0.2) is 22.7 Å². The summed E-state index contributed by atoms with van der Waals surface area (Å²) >= 11 is 1.31. The highest BCUT2D eigenvalue weighted by atomic mass is 32.2. The van der Waals surface area contributed by atoms with Crippen molar-refractivity contribution in [2.45, 2.75) is 44.7 Å². The zero-order valence-electron chi connectivity index (χ0n) is 13.7. The monoisotopic (exact) mass is 327 g/mol. The zero-order valence-corrected chi connectivity index (χ0v) is 14.5. The number of rotatable bonds is 6. The minimum atomic E-state index is -0.0310. The summed E-state index contributed by atoms with van der Waals surface area (Å²) in [6.07, 6.45) is 1.85. The molecule has 0 aliphatic carbocycles. The van der Waals surface area contributed by atoms with Crippen LogP contribution in [0.3, 0.4) is 0 Å². The molecule has 1 aromatic heterocycles. The normalized spacial score (nSPS) is 11.9. The first-order valence-electron chi connectivity index (χ1n) is 7.83. The molecule has 1 amide bonds. The summed E-state index contributed by atoms with van der Waals surface area (Å²) in [5.41, 5.74) is 2.59. The average molecular weight is 327 g/mol. The highest BCUT2D eigenvalue weighted by molar-refractivity contribution is 8.00. The van der Waals surface area contributed by atoms with E-state index < -0.39 is 0 Å². The van der Waals surface area contributed by atoms with Gasteiger partial charge in [-0.25, -0.2) is 4.98 Å². The van der Waals surface area contributed by atoms with Crippen molar-refractivity contribution in [3.63, 3.8) is 0 Å². The van der Waals surface area contributed by atoms with Gasteiger partial charge in [0.15, 0.2) is 0 Å². The minimum Gasteiger partial charge on any atom is -0.353 e. The Morgan fingerprint density at radius 1 is 1.39 bits per heavy atom. The molecule has 2 rings (SSSR count). The van der Waals surface area contributed by atoms with E-state index in [2.05, 4.69) is 29.4 Å². The number of amides is 1. The first-order chi connectivity index (χ1) is 11.1. The van der Waals surface area contributed by atoms with E-state index in [9.17, 15) is 10.1 Å². The second-order valence-corrected chi connectivity index (χ2v) is 6.46. The summed E-state index contributed by atoms with van der Waals surface area (Å²) in [4.78, 5) is 16.4. The molecule has 0 bridgehead atoms. The number of hydrogen-bond acceptors (Lipinski definition) is 4. The standard InChI is InChI=1S/C18H21N3OS/c1-4-12(3)20-17(22)11-23-18-15(10-19)9-14-8-13(5-2)6-7-16(14)21-18/h6-9,12H,4-5,11H2,1-3H3,(H,20,22)/t12-/m1/s1. The van der Waals surface area contributed by atoms with Gasteiger partial charge in [0.1, 0.15) is 11.1 Å². The summed E-state index contributed by atoms with van der Waals surface area (Å²) < 4.78 is 0. The maximum atomic E-state index is 11.9. The molecule has 120 valence electrons. The van der Waals surface area contributed by atoms with Crippen molar-refractivity contribution >= 4 is 28.6 Å². The fraction of sp³-hybridized carbons (Fsp3) is 0.389. The van der Waals surface area contributed by atoms with Crippen LogP contribution < -0.4 is 5.32 Å². The second kappa shape index (κ2) is 7.98. The van der Waals surface area contributed by atoms with Gasteiger partial charge in [0.2, 0.25) is 5.91 Å². The lowest BCUT2D eigenvalue weighted by molar-refractivity contribution is -0.119. The van der Waals surface area contributed by atoms with E-state index in [0.29, 0.717) is 10.6 Å². The number of nitriles is 1. The summed E-state index contributed by atoms with van der Waals surface area (Å²) in [7, 11) is 0. The Morgan fingerprint density at radius 2 is 2.17 bits per heavy atom. The Labute approximate surface area is 141 Å². The summed E-state index contributed by atoms with van der Waals surface area (Å²) in [5.74, 6) is 0.237. The number of carbonyl (C=O) groups is 1. The zero-order chi connectivity index (χ0) is 16.8. The SMILES string of the molecule is CCc1ccc2nc(SCC(=O)N[C@H](C)CC)c(C#N)cc2c1. The number of aryl methyl sites for hydroxylation is 1. The Hall–Kier alpha value is -2.06. The van der Waals surface area contributed by atoms with E-state index in [1.165, 1.54) is 17.3 Å². The topological polar surface area (TPSA) is 65.8 Å². The van der Waals surface area contributed by atoms with E-state index in [1.807, 2.05) is 32.0 Å². The van der Waals surface area contributed by atoms with Gasteiger partial charge in [0.05, 0.1) is 16.8 Å². The fourth-order valence-corrected chi connectivity index (χ4v) is 2.94. The predicted octanol–water partition coefficient (Wildman–Crippen LogP) is 3.68. The number of fused-ring (bicyclic) bond motifs is 1. The number of hydrogen-bond donors (Lipinski definition) is 1. The van der Waals surface area contributed by atoms with Crippen molar-refractivity contribution < 1.29 is 4.79 Å². The van der Waals surface area contributed by atoms with E-state index in [-0.39, 0.29) is 17.7 Å². The average Bonchev–Trinajstić information content (AvgIpc) is 2.58. The van der Waals surface area contributed by atoms with Crippen LogP contribution in [0.2, 0.25) is 0 Å². The Balaban J connectivity index is 2.20. The summed E-state index contributed by atoms with van der Waals surface area (Å²) in [6, 6.07) is 10.3. The molecular formula is C18H21N3OS. The Bertz CT molecular complexity index is 752. The third-order valence-corrected chi connectivity index (χ3v) is 4.72. The van der Waals surface area contributed by atoms with E-state index >= 15 is 0 Å². The number of thioether (sulfide) groups is 1. The Morgan fingerprint density at radius 3 is 2.83 bits per heavy atom. The van der Waals surface area contributed by atoms with Crippen molar-refractivity contribution in [1.29, 1.82) is 5.26 Å². The second-order valence-electron chi connectivity index (χ2n) is 5.50. The van der Waals surface area contributed by atoms with Gasteiger partial charge in [-0.1, -0.05) is 31.7 Å². The molecule has 1 heterocycles. The van der Waals surface area contributed by atoms with Crippen LogP contribution in [0, 0.1) is 11.3 Å². The van der Waals surface area contributed by atoms with Crippen LogP contribution in [-0.2, 0) is 11.2 Å². The van der Waals surface area contributed by atoms with Crippen molar-refractivity contribution in [3.05, 3.63) is 35.4 Å². The highest BCUT2D eigenvalue weighted by Gasteiger charge is 2.11.